The minimum Gasteiger partial charge on any atom is -0.395 e. The quantitative estimate of drug-likeness (QED) is 0.803. The summed E-state index contributed by atoms with van der Waals surface area (Å²) >= 11 is 0. The number of hydrogen-bond donors (Lipinski definition) is 2. The summed E-state index contributed by atoms with van der Waals surface area (Å²) in [5, 5.41) is 11.6. The van der Waals surface area contributed by atoms with E-state index in [1.807, 2.05) is 0 Å². The molecule has 2 rings (SSSR count). The molecule has 1 aliphatic rings. The highest BCUT2D eigenvalue weighted by Gasteiger charge is 2.33. The molecule has 2 N–H and O–H groups in total. The van der Waals surface area contributed by atoms with Gasteiger partial charge in [-0.2, -0.15) is 0 Å². The van der Waals surface area contributed by atoms with E-state index < -0.39 is 11.7 Å². The van der Waals surface area contributed by atoms with E-state index in [4.69, 9.17) is 5.11 Å². The van der Waals surface area contributed by atoms with Gasteiger partial charge in [0.2, 0.25) is 11.8 Å². The molecule has 112 valence electrons. The van der Waals surface area contributed by atoms with Crippen molar-refractivity contribution < 1.29 is 19.1 Å². The molecule has 1 aromatic rings. The summed E-state index contributed by atoms with van der Waals surface area (Å²) in [6, 6.07) is 3.98. The monoisotopic (exact) mass is 292 g/mol. The van der Waals surface area contributed by atoms with Gasteiger partial charge in [0.25, 0.3) is 0 Å². The van der Waals surface area contributed by atoms with Crippen LogP contribution in [0.3, 0.4) is 0 Å². The molecule has 0 saturated carbocycles. The standard InChI is InChI=1S/C15H17FN2O3/c1-2-5-18(6-7-19)15(21)12-9-14(20)17-13-8-10(16)3-4-11(12)13/h2-4,8,12,19H,1,5-7,9H2,(H,17,20). The lowest BCUT2D eigenvalue weighted by Crippen LogP contribution is -2.40. The summed E-state index contributed by atoms with van der Waals surface area (Å²) in [6.07, 6.45) is 1.57. The van der Waals surface area contributed by atoms with Gasteiger partial charge in [-0.15, -0.1) is 6.58 Å². The van der Waals surface area contributed by atoms with Gasteiger partial charge in [0.15, 0.2) is 0 Å². The summed E-state index contributed by atoms with van der Waals surface area (Å²) in [5.41, 5.74) is 0.917. The van der Waals surface area contributed by atoms with Gasteiger partial charge in [-0.3, -0.25) is 9.59 Å². The van der Waals surface area contributed by atoms with Gasteiger partial charge >= 0.3 is 0 Å². The first-order chi connectivity index (χ1) is 10.1. The Balaban J connectivity index is 2.33. The Labute approximate surface area is 122 Å². The third-order valence-electron chi connectivity index (χ3n) is 3.38. The molecule has 6 heteroatoms. The lowest BCUT2D eigenvalue weighted by atomic mass is 9.89. The van der Waals surface area contributed by atoms with Gasteiger partial charge in [-0.05, 0) is 17.7 Å². The molecule has 1 atom stereocenters. The Bertz CT molecular complexity index is 574. The van der Waals surface area contributed by atoms with Crippen molar-refractivity contribution in [2.75, 3.05) is 25.0 Å². The number of anilines is 1. The van der Waals surface area contributed by atoms with Crippen LogP contribution in [-0.4, -0.2) is 41.5 Å². The zero-order valence-corrected chi connectivity index (χ0v) is 11.5. The van der Waals surface area contributed by atoms with E-state index in [1.54, 1.807) is 6.08 Å². The highest BCUT2D eigenvalue weighted by atomic mass is 19.1. The third-order valence-corrected chi connectivity index (χ3v) is 3.38. The molecule has 5 nitrogen and oxygen atoms in total. The Morgan fingerprint density at radius 2 is 2.33 bits per heavy atom. The van der Waals surface area contributed by atoms with Crippen LogP contribution in [0.1, 0.15) is 17.9 Å². The maximum Gasteiger partial charge on any atom is 0.231 e. The number of aliphatic hydroxyl groups is 1. The van der Waals surface area contributed by atoms with Crippen molar-refractivity contribution in [3.05, 3.63) is 42.2 Å². The molecular formula is C15H17FN2O3. The van der Waals surface area contributed by atoms with Crippen molar-refractivity contribution in [3.63, 3.8) is 0 Å². The highest BCUT2D eigenvalue weighted by Crippen LogP contribution is 2.34. The molecule has 0 aromatic heterocycles. The van der Waals surface area contributed by atoms with Crippen LogP contribution >= 0.6 is 0 Å². The fraction of sp³-hybridized carbons (Fsp3) is 0.333. The molecule has 0 fully saturated rings. The molecule has 1 heterocycles. The fourth-order valence-electron chi connectivity index (χ4n) is 2.45. The summed E-state index contributed by atoms with van der Waals surface area (Å²) < 4.78 is 13.3. The maximum absolute atomic E-state index is 13.3. The number of benzene rings is 1. The molecular weight excluding hydrogens is 275 g/mol. The molecule has 0 spiro atoms. The summed E-state index contributed by atoms with van der Waals surface area (Å²) in [4.78, 5) is 25.7. The van der Waals surface area contributed by atoms with Crippen LogP contribution in [0.15, 0.2) is 30.9 Å². The van der Waals surface area contributed by atoms with Crippen LogP contribution < -0.4 is 5.32 Å². The second-order valence-electron chi connectivity index (χ2n) is 4.83. The van der Waals surface area contributed by atoms with E-state index in [1.165, 1.54) is 23.1 Å². The second kappa shape index (κ2) is 6.49. The summed E-state index contributed by atoms with van der Waals surface area (Å²) in [6.45, 7) is 3.86. The van der Waals surface area contributed by atoms with Crippen molar-refractivity contribution in [1.82, 2.24) is 4.90 Å². The number of fused-ring (bicyclic) bond motifs is 1. The second-order valence-corrected chi connectivity index (χ2v) is 4.83. The van der Waals surface area contributed by atoms with Crippen molar-refractivity contribution >= 4 is 17.5 Å². The van der Waals surface area contributed by atoms with E-state index in [2.05, 4.69) is 11.9 Å². The molecule has 21 heavy (non-hydrogen) atoms. The first-order valence-corrected chi connectivity index (χ1v) is 6.66. The first kappa shape index (κ1) is 15.2. The number of nitrogens with zero attached hydrogens (tertiary/aromatic N) is 1. The predicted octanol–water partition coefficient (Wildman–Crippen LogP) is 1.26. The SMILES string of the molecule is C=CCN(CCO)C(=O)C1CC(=O)Nc2cc(F)ccc21. The number of amides is 2. The van der Waals surface area contributed by atoms with E-state index >= 15 is 0 Å². The lowest BCUT2D eigenvalue weighted by molar-refractivity contribution is -0.134. The van der Waals surface area contributed by atoms with Gasteiger partial charge in [-0.25, -0.2) is 4.39 Å². The number of carbonyl (C=O) groups is 2. The summed E-state index contributed by atoms with van der Waals surface area (Å²) in [7, 11) is 0. The first-order valence-electron chi connectivity index (χ1n) is 6.66. The van der Waals surface area contributed by atoms with Crippen LogP contribution in [0.5, 0.6) is 0 Å². The van der Waals surface area contributed by atoms with Crippen molar-refractivity contribution in [2.45, 2.75) is 12.3 Å². The fourth-order valence-corrected chi connectivity index (χ4v) is 2.45. The zero-order chi connectivity index (χ0) is 15.4. The normalized spacial score (nSPS) is 16.9. The molecule has 1 aliphatic heterocycles. The number of halogens is 1. The number of carbonyl (C=O) groups excluding carboxylic acids is 2. The van der Waals surface area contributed by atoms with Crippen LogP contribution in [0.25, 0.3) is 0 Å². The molecule has 0 radical (unpaired) electrons. The number of rotatable bonds is 5. The Morgan fingerprint density at radius 3 is 3.00 bits per heavy atom. The van der Waals surface area contributed by atoms with Gasteiger partial charge in [0.1, 0.15) is 5.82 Å². The van der Waals surface area contributed by atoms with Crippen LogP contribution in [-0.2, 0) is 9.59 Å². The topological polar surface area (TPSA) is 69.6 Å². The molecule has 1 aromatic carbocycles. The Morgan fingerprint density at radius 1 is 1.57 bits per heavy atom. The minimum atomic E-state index is -0.666. The Hall–Kier alpha value is -2.21. The number of aliphatic hydroxyl groups excluding tert-OH is 1. The smallest absolute Gasteiger partial charge is 0.231 e. The third kappa shape index (κ3) is 3.28. The van der Waals surface area contributed by atoms with E-state index in [9.17, 15) is 14.0 Å². The zero-order valence-electron chi connectivity index (χ0n) is 11.5. The van der Waals surface area contributed by atoms with Crippen molar-refractivity contribution in [3.8, 4) is 0 Å². The van der Waals surface area contributed by atoms with Crippen molar-refractivity contribution in [1.29, 1.82) is 0 Å². The van der Waals surface area contributed by atoms with Crippen molar-refractivity contribution in [2.24, 2.45) is 0 Å². The van der Waals surface area contributed by atoms with Gasteiger partial charge in [0.05, 0.1) is 12.5 Å². The molecule has 0 saturated heterocycles. The predicted molar refractivity (Wildman–Crippen MR) is 76.3 cm³/mol. The number of hydrogen-bond acceptors (Lipinski definition) is 3. The minimum absolute atomic E-state index is 0.0105. The highest BCUT2D eigenvalue weighted by molar-refractivity contribution is 6.01. The van der Waals surface area contributed by atoms with E-state index in [0.717, 1.165) is 0 Å². The molecule has 2 amide bonds. The van der Waals surface area contributed by atoms with Gasteiger partial charge < -0.3 is 15.3 Å². The largest absolute Gasteiger partial charge is 0.395 e. The average Bonchev–Trinajstić information content (AvgIpc) is 2.45. The molecule has 1 unspecified atom stereocenters. The van der Waals surface area contributed by atoms with Gasteiger partial charge in [-0.1, -0.05) is 12.1 Å². The van der Waals surface area contributed by atoms with E-state index in [0.29, 0.717) is 11.3 Å². The average molecular weight is 292 g/mol. The summed E-state index contributed by atoms with van der Waals surface area (Å²) in [5.74, 6) is -1.73. The molecule has 0 aliphatic carbocycles. The Kier molecular flexibility index (Phi) is 4.70. The van der Waals surface area contributed by atoms with Crippen LogP contribution in [0, 0.1) is 5.82 Å². The van der Waals surface area contributed by atoms with Gasteiger partial charge in [0, 0.05) is 25.2 Å². The van der Waals surface area contributed by atoms with Crippen LogP contribution in [0.2, 0.25) is 0 Å². The van der Waals surface area contributed by atoms with E-state index in [-0.39, 0.29) is 37.9 Å². The lowest BCUT2D eigenvalue weighted by Gasteiger charge is -2.29. The maximum atomic E-state index is 13.3. The number of nitrogens with one attached hydrogen (secondary N) is 1. The molecule has 0 bridgehead atoms. The van der Waals surface area contributed by atoms with Crippen LogP contribution in [0.4, 0.5) is 10.1 Å².